The van der Waals surface area contributed by atoms with Gasteiger partial charge in [0, 0.05) is 0 Å². The van der Waals surface area contributed by atoms with E-state index in [2.05, 4.69) is 15.9 Å². The molecule has 2 nitrogen and oxygen atoms in total. The lowest BCUT2D eigenvalue weighted by atomic mass is 10.4. The molecule has 0 spiro atoms. The Kier molecular flexibility index (Phi) is 3.69. The van der Waals surface area contributed by atoms with Crippen LogP contribution in [-0.4, -0.2) is 14.2 Å². The number of halogens is 1. The average molecular weight is 261 g/mol. The first kappa shape index (κ1) is 10.5. The lowest BCUT2D eigenvalue weighted by Crippen LogP contribution is -2.03. The molecule has 0 atom stereocenters. The molecule has 0 unspecified atom stereocenters. The quantitative estimate of drug-likeness (QED) is 0.837. The van der Waals surface area contributed by atoms with Gasteiger partial charge in [-0.1, -0.05) is 40.2 Å². The van der Waals surface area contributed by atoms with Gasteiger partial charge in [0.2, 0.25) is 0 Å². The average Bonchev–Trinajstić information content (AvgIpc) is 2.16. The minimum absolute atomic E-state index is 0.0300. The molecular weight excluding hydrogens is 252 g/mol. The fraction of sp³-hybridized carbons (Fsp3) is 0.111. The van der Waals surface area contributed by atoms with Gasteiger partial charge in [0.1, 0.15) is 0 Å². The summed E-state index contributed by atoms with van der Waals surface area (Å²) >= 11 is 3.03. The van der Waals surface area contributed by atoms with Gasteiger partial charge in [-0.2, -0.15) is 0 Å². The van der Waals surface area contributed by atoms with Crippen LogP contribution in [0.1, 0.15) is 0 Å². The van der Waals surface area contributed by atoms with E-state index < -0.39 is 9.84 Å². The first-order valence-corrected chi connectivity index (χ1v) is 6.26. The fourth-order valence-corrected chi connectivity index (χ4v) is 2.44. The van der Waals surface area contributed by atoms with E-state index in [1.807, 2.05) is 0 Å². The van der Waals surface area contributed by atoms with Crippen molar-refractivity contribution in [1.82, 2.24) is 0 Å². The third-order valence-electron chi connectivity index (χ3n) is 1.51. The molecule has 0 saturated carbocycles. The molecule has 0 aromatic heterocycles. The summed E-state index contributed by atoms with van der Waals surface area (Å²) in [6.45, 7) is 0. The highest BCUT2D eigenvalue weighted by Crippen LogP contribution is 2.10. The van der Waals surface area contributed by atoms with Gasteiger partial charge in [-0.25, -0.2) is 8.42 Å². The molecule has 0 heterocycles. The highest BCUT2D eigenvalue weighted by Gasteiger charge is 2.10. The SMILES string of the molecule is O=S(=O)(C/C=C\Br)c1ccccc1. The van der Waals surface area contributed by atoms with Crippen molar-refractivity contribution in [2.75, 3.05) is 5.75 Å². The number of sulfone groups is 1. The Morgan fingerprint density at radius 2 is 1.85 bits per heavy atom. The van der Waals surface area contributed by atoms with Gasteiger partial charge in [-0.05, 0) is 17.1 Å². The van der Waals surface area contributed by atoms with Crippen LogP contribution in [0.15, 0.2) is 46.3 Å². The van der Waals surface area contributed by atoms with Crippen molar-refractivity contribution in [2.24, 2.45) is 0 Å². The molecule has 0 fully saturated rings. The van der Waals surface area contributed by atoms with Crippen molar-refractivity contribution in [3.05, 3.63) is 41.4 Å². The summed E-state index contributed by atoms with van der Waals surface area (Å²) in [5.41, 5.74) is 0. The molecule has 0 aliphatic rings. The highest BCUT2D eigenvalue weighted by atomic mass is 79.9. The predicted molar refractivity (Wildman–Crippen MR) is 56.6 cm³/mol. The van der Waals surface area contributed by atoms with Crippen molar-refractivity contribution in [3.63, 3.8) is 0 Å². The molecule has 1 aromatic rings. The minimum Gasteiger partial charge on any atom is -0.223 e. The molecule has 0 N–H and O–H groups in total. The van der Waals surface area contributed by atoms with E-state index in [1.54, 1.807) is 41.4 Å². The summed E-state index contributed by atoms with van der Waals surface area (Å²) in [7, 11) is -3.14. The molecule has 13 heavy (non-hydrogen) atoms. The second-order valence-corrected chi connectivity index (χ2v) is 5.02. The zero-order chi connectivity index (χ0) is 9.73. The Balaban J connectivity index is 2.95. The molecular formula is C9H9BrO2S. The monoisotopic (exact) mass is 260 g/mol. The smallest absolute Gasteiger partial charge is 0.181 e. The van der Waals surface area contributed by atoms with Crippen LogP contribution in [0.5, 0.6) is 0 Å². The minimum atomic E-state index is -3.14. The molecule has 0 saturated heterocycles. The summed E-state index contributed by atoms with van der Waals surface area (Å²) in [5.74, 6) is 0.0300. The van der Waals surface area contributed by atoms with Crippen LogP contribution < -0.4 is 0 Å². The molecule has 0 aliphatic carbocycles. The van der Waals surface area contributed by atoms with Crippen LogP contribution in [0.3, 0.4) is 0 Å². The Bertz CT molecular complexity index is 381. The lowest BCUT2D eigenvalue weighted by Gasteiger charge is -1.99. The van der Waals surface area contributed by atoms with Crippen molar-refractivity contribution < 1.29 is 8.42 Å². The van der Waals surface area contributed by atoms with E-state index >= 15 is 0 Å². The summed E-state index contributed by atoms with van der Waals surface area (Å²) in [5, 5.41) is 0. The molecule has 0 bridgehead atoms. The van der Waals surface area contributed by atoms with E-state index in [-0.39, 0.29) is 5.75 Å². The van der Waals surface area contributed by atoms with Crippen LogP contribution >= 0.6 is 15.9 Å². The molecule has 1 rings (SSSR count). The van der Waals surface area contributed by atoms with Crippen LogP contribution in [0.4, 0.5) is 0 Å². The normalized spacial score (nSPS) is 12.1. The van der Waals surface area contributed by atoms with Gasteiger partial charge in [0.25, 0.3) is 0 Å². The topological polar surface area (TPSA) is 34.1 Å². The lowest BCUT2D eigenvalue weighted by molar-refractivity contribution is 0.599. The second-order valence-electron chi connectivity index (χ2n) is 2.46. The predicted octanol–water partition coefficient (Wildman–Crippen LogP) is 2.37. The van der Waals surface area contributed by atoms with Crippen LogP contribution in [-0.2, 0) is 9.84 Å². The largest absolute Gasteiger partial charge is 0.223 e. The molecule has 0 aliphatic heterocycles. The number of hydrogen-bond donors (Lipinski definition) is 0. The summed E-state index contributed by atoms with van der Waals surface area (Å²) in [6.07, 6.45) is 1.56. The zero-order valence-electron chi connectivity index (χ0n) is 6.85. The summed E-state index contributed by atoms with van der Waals surface area (Å²) < 4.78 is 23.0. The van der Waals surface area contributed by atoms with Gasteiger partial charge in [0.05, 0.1) is 10.6 Å². The Hall–Kier alpha value is -0.610. The maximum absolute atomic E-state index is 11.5. The van der Waals surface area contributed by atoms with Crippen molar-refractivity contribution in [1.29, 1.82) is 0 Å². The van der Waals surface area contributed by atoms with Gasteiger partial charge < -0.3 is 0 Å². The van der Waals surface area contributed by atoms with Gasteiger partial charge in [0.15, 0.2) is 9.84 Å². The number of benzene rings is 1. The van der Waals surface area contributed by atoms with Crippen molar-refractivity contribution >= 4 is 25.8 Å². The first-order chi connectivity index (χ1) is 6.17. The standard InChI is InChI=1S/C9H9BrO2S/c10-7-4-8-13(11,12)9-5-2-1-3-6-9/h1-7H,8H2/b7-4-. The zero-order valence-corrected chi connectivity index (χ0v) is 9.25. The van der Waals surface area contributed by atoms with E-state index in [0.717, 1.165) is 0 Å². The molecule has 0 radical (unpaired) electrons. The highest BCUT2D eigenvalue weighted by molar-refractivity contribution is 9.11. The summed E-state index contributed by atoms with van der Waals surface area (Å²) in [6, 6.07) is 8.41. The van der Waals surface area contributed by atoms with Crippen molar-refractivity contribution in [3.8, 4) is 0 Å². The maximum Gasteiger partial charge on any atom is 0.181 e. The molecule has 0 amide bonds. The third-order valence-corrected chi connectivity index (χ3v) is 3.50. The Labute approximate surface area is 86.3 Å². The summed E-state index contributed by atoms with van der Waals surface area (Å²) in [4.78, 5) is 1.91. The number of hydrogen-bond acceptors (Lipinski definition) is 2. The van der Waals surface area contributed by atoms with Gasteiger partial charge in [-0.3, -0.25) is 0 Å². The Morgan fingerprint density at radius 3 is 2.38 bits per heavy atom. The van der Waals surface area contributed by atoms with Crippen LogP contribution in [0.2, 0.25) is 0 Å². The van der Waals surface area contributed by atoms with Crippen LogP contribution in [0.25, 0.3) is 0 Å². The van der Waals surface area contributed by atoms with Crippen molar-refractivity contribution in [2.45, 2.75) is 4.90 Å². The van der Waals surface area contributed by atoms with Gasteiger partial charge >= 0.3 is 0 Å². The first-order valence-electron chi connectivity index (χ1n) is 3.70. The van der Waals surface area contributed by atoms with E-state index in [4.69, 9.17) is 0 Å². The van der Waals surface area contributed by atoms with E-state index in [1.165, 1.54) is 0 Å². The fourth-order valence-electron chi connectivity index (χ4n) is 0.887. The number of rotatable bonds is 3. The van der Waals surface area contributed by atoms with Gasteiger partial charge in [-0.15, -0.1) is 0 Å². The van der Waals surface area contributed by atoms with E-state index in [9.17, 15) is 8.42 Å². The molecule has 1 aromatic carbocycles. The molecule has 4 heteroatoms. The maximum atomic E-state index is 11.5. The third kappa shape index (κ3) is 2.97. The Morgan fingerprint density at radius 1 is 1.23 bits per heavy atom. The van der Waals surface area contributed by atoms with E-state index in [0.29, 0.717) is 4.90 Å². The van der Waals surface area contributed by atoms with Crippen LogP contribution in [0, 0.1) is 0 Å². The second kappa shape index (κ2) is 4.58. The molecule has 70 valence electrons.